The number of nitrogens with zero attached hydrogens (tertiary/aromatic N) is 2. The van der Waals surface area contributed by atoms with Gasteiger partial charge in [-0.15, -0.1) is 0 Å². The molecule has 0 aliphatic carbocycles. The van der Waals surface area contributed by atoms with E-state index >= 15 is 0 Å². The van der Waals surface area contributed by atoms with E-state index in [0.29, 0.717) is 17.0 Å². The molecule has 0 saturated heterocycles. The molecule has 0 amide bonds. The lowest BCUT2D eigenvalue weighted by molar-refractivity contribution is -0.143. The summed E-state index contributed by atoms with van der Waals surface area (Å²) in [5.74, 6) is -0.956. The molecule has 0 saturated carbocycles. The van der Waals surface area contributed by atoms with Gasteiger partial charge in [-0.1, -0.05) is 30.3 Å². The van der Waals surface area contributed by atoms with Crippen LogP contribution in [0.5, 0.6) is 6.01 Å². The number of benzene rings is 1. The molecule has 6 heteroatoms. The highest BCUT2D eigenvalue weighted by molar-refractivity contribution is 5.97. The van der Waals surface area contributed by atoms with Crippen LogP contribution in [0, 0.1) is 12.3 Å². The van der Waals surface area contributed by atoms with Crippen LogP contribution in [-0.2, 0) is 9.53 Å². The lowest BCUT2D eigenvalue weighted by Crippen LogP contribution is -2.26. The van der Waals surface area contributed by atoms with Crippen molar-refractivity contribution in [2.24, 2.45) is 5.41 Å². The standard InChI is InChI=1S/C19H22N2O4/c1-6-24-16(22)14-12(2)20-18(25-17(23)19(3,4)5)21-15(14)13-10-8-7-9-11-13/h7-11H,6H2,1-5H3. The van der Waals surface area contributed by atoms with E-state index in [4.69, 9.17) is 9.47 Å². The molecule has 1 aromatic carbocycles. The fourth-order valence-corrected chi connectivity index (χ4v) is 2.08. The molecule has 0 radical (unpaired) electrons. The van der Waals surface area contributed by atoms with Crippen molar-refractivity contribution in [2.45, 2.75) is 34.6 Å². The third-order valence-electron chi connectivity index (χ3n) is 3.39. The number of hydrogen-bond donors (Lipinski definition) is 0. The SMILES string of the molecule is CCOC(=O)c1c(C)nc(OC(=O)C(C)(C)C)nc1-c1ccccc1. The molecule has 0 aliphatic heterocycles. The molecule has 0 aliphatic rings. The van der Waals surface area contributed by atoms with Gasteiger partial charge >= 0.3 is 17.9 Å². The van der Waals surface area contributed by atoms with Crippen molar-refractivity contribution in [3.05, 3.63) is 41.6 Å². The molecule has 0 atom stereocenters. The number of rotatable bonds is 4. The van der Waals surface area contributed by atoms with Gasteiger partial charge in [0.05, 0.1) is 23.4 Å². The molecular weight excluding hydrogens is 320 g/mol. The Labute approximate surface area is 147 Å². The fourth-order valence-electron chi connectivity index (χ4n) is 2.08. The number of aryl methyl sites for hydroxylation is 1. The first kappa shape index (κ1) is 18.6. The van der Waals surface area contributed by atoms with Crippen LogP contribution in [0.3, 0.4) is 0 Å². The Morgan fingerprint density at radius 3 is 2.28 bits per heavy atom. The molecule has 1 heterocycles. The smallest absolute Gasteiger partial charge is 0.342 e. The van der Waals surface area contributed by atoms with Crippen molar-refractivity contribution in [3.8, 4) is 17.3 Å². The summed E-state index contributed by atoms with van der Waals surface area (Å²) in [6.07, 6.45) is 0. The first-order valence-electron chi connectivity index (χ1n) is 8.07. The van der Waals surface area contributed by atoms with E-state index < -0.39 is 17.4 Å². The summed E-state index contributed by atoms with van der Waals surface area (Å²) in [5.41, 5.74) is 1.06. The minimum atomic E-state index is -0.690. The Morgan fingerprint density at radius 1 is 1.08 bits per heavy atom. The van der Waals surface area contributed by atoms with E-state index in [9.17, 15) is 9.59 Å². The van der Waals surface area contributed by atoms with Gasteiger partial charge in [0.15, 0.2) is 0 Å². The van der Waals surface area contributed by atoms with E-state index in [-0.39, 0.29) is 18.2 Å². The summed E-state index contributed by atoms with van der Waals surface area (Å²) in [7, 11) is 0. The number of hydrogen-bond acceptors (Lipinski definition) is 6. The summed E-state index contributed by atoms with van der Waals surface area (Å²) in [5, 5.41) is 0. The molecule has 2 aromatic rings. The van der Waals surface area contributed by atoms with Crippen molar-refractivity contribution in [3.63, 3.8) is 0 Å². The Balaban J connectivity index is 2.55. The zero-order chi connectivity index (χ0) is 18.6. The normalized spacial score (nSPS) is 11.1. The van der Waals surface area contributed by atoms with Gasteiger partial charge in [0.2, 0.25) is 0 Å². The predicted molar refractivity (Wildman–Crippen MR) is 93.3 cm³/mol. The van der Waals surface area contributed by atoms with Gasteiger partial charge < -0.3 is 9.47 Å². The topological polar surface area (TPSA) is 78.4 Å². The van der Waals surface area contributed by atoms with E-state index in [1.807, 2.05) is 30.3 Å². The largest absolute Gasteiger partial charge is 0.462 e. The van der Waals surface area contributed by atoms with Crippen LogP contribution in [0.1, 0.15) is 43.7 Å². The monoisotopic (exact) mass is 342 g/mol. The minimum Gasteiger partial charge on any atom is -0.462 e. The molecule has 1 aromatic heterocycles. The molecule has 0 spiro atoms. The number of carbonyl (C=O) groups excluding carboxylic acids is 2. The van der Waals surface area contributed by atoms with E-state index in [2.05, 4.69) is 9.97 Å². The van der Waals surface area contributed by atoms with Crippen molar-refractivity contribution >= 4 is 11.9 Å². The first-order valence-corrected chi connectivity index (χ1v) is 8.07. The fraction of sp³-hybridized carbons (Fsp3) is 0.368. The molecule has 0 N–H and O–H groups in total. The summed E-state index contributed by atoms with van der Waals surface area (Å²) in [6, 6.07) is 9.09. The third kappa shape index (κ3) is 4.41. The predicted octanol–water partition coefficient (Wildman–Crippen LogP) is 3.58. The van der Waals surface area contributed by atoms with Crippen molar-refractivity contribution in [1.29, 1.82) is 0 Å². The second-order valence-corrected chi connectivity index (χ2v) is 6.54. The zero-order valence-corrected chi connectivity index (χ0v) is 15.1. The molecule has 0 bridgehead atoms. The average Bonchev–Trinajstić information content (AvgIpc) is 2.54. The van der Waals surface area contributed by atoms with Gasteiger partial charge in [0.25, 0.3) is 0 Å². The first-order chi connectivity index (χ1) is 11.7. The van der Waals surface area contributed by atoms with Gasteiger partial charge in [-0.25, -0.2) is 4.79 Å². The van der Waals surface area contributed by atoms with E-state index in [0.717, 1.165) is 0 Å². The molecule has 2 rings (SSSR count). The lowest BCUT2D eigenvalue weighted by Gasteiger charge is -2.17. The van der Waals surface area contributed by atoms with E-state index in [1.165, 1.54) is 0 Å². The molecule has 25 heavy (non-hydrogen) atoms. The molecule has 132 valence electrons. The molecular formula is C19H22N2O4. The van der Waals surface area contributed by atoms with Gasteiger partial charge in [-0.3, -0.25) is 4.79 Å². The van der Waals surface area contributed by atoms with E-state index in [1.54, 1.807) is 34.6 Å². The number of carbonyl (C=O) groups is 2. The number of ether oxygens (including phenoxy) is 2. The quantitative estimate of drug-likeness (QED) is 0.790. The van der Waals surface area contributed by atoms with Crippen LogP contribution >= 0.6 is 0 Å². The summed E-state index contributed by atoms with van der Waals surface area (Å²) < 4.78 is 10.4. The molecule has 0 unspecified atom stereocenters. The van der Waals surface area contributed by atoms with Gasteiger partial charge in [0, 0.05) is 5.56 Å². The summed E-state index contributed by atoms with van der Waals surface area (Å²) in [6.45, 7) is 8.87. The van der Waals surface area contributed by atoms with Gasteiger partial charge in [-0.2, -0.15) is 9.97 Å². The van der Waals surface area contributed by atoms with Crippen LogP contribution in [0.4, 0.5) is 0 Å². The highest BCUT2D eigenvalue weighted by Crippen LogP contribution is 2.27. The van der Waals surface area contributed by atoms with Gasteiger partial charge in [-0.05, 0) is 34.6 Å². The lowest BCUT2D eigenvalue weighted by atomic mass is 9.97. The second kappa shape index (κ2) is 7.42. The molecule has 0 fully saturated rings. The summed E-state index contributed by atoms with van der Waals surface area (Å²) >= 11 is 0. The van der Waals surface area contributed by atoms with Crippen molar-refractivity contribution in [1.82, 2.24) is 9.97 Å². The highest BCUT2D eigenvalue weighted by atomic mass is 16.6. The Morgan fingerprint density at radius 2 is 1.72 bits per heavy atom. The highest BCUT2D eigenvalue weighted by Gasteiger charge is 2.27. The van der Waals surface area contributed by atoms with Crippen molar-refractivity contribution in [2.75, 3.05) is 6.61 Å². The maximum Gasteiger partial charge on any atom is 0.342 e. The van der Waals surface area contributed by atoms with Crippen LogP contribution in [0.2, 0.25) is 0 Å². The Hall–Kier alpha value is -2.76. The number of esters is 2. The van der Waals surface area contributed by atoms with Crippen LogP contribution in [0.25, 0.3) is 11.3 Å². The maximum absolute atomic E-state index is 12.3. The van der Waals surface area contributed by atoms with Crippen LogP contribution in [0.15, 0.2) is 30.3 Å². The van der Waals surface area contributed by atoms with Gasteiger partial charge in [0.1, 0.15) is 5.56 Å². The number of aromatic nitrogens is 2. The molecule has 6 nitrogen and oxygen atoms in total. The maximum atomic E-state index is 12.3. The minimum absolute atomic E-state index is 0.0793. The zero-order valence-electron chi connectivity index (χ0n) is 15.1. The van der Waals surface area contributed by atoms with Crippen molar-refractivity contribution < 1.29 is 19.1 Å². The third-order valence-corrected chi connectivity index (χ3v) is 3.39. The summed E-state index contributed by atoms with van der Waals surface area (Å²) in [4.78, 5) is 32.9. The van der Waals surface area contributed by atoms with Crippen LogP contribution in [-0.4, -0.2) is 28.5 Å². The second-order valence-electron chi connectivity index (χ2n) is 6.54. The average molecular weight is 342 g/mol. The van der Waals surface area contributed by atoms with Crippen LogP contribution < -0.4 is 4.74 Å². The Bertz CT molecular complexity index is 780. The Kier molecular flexibility index (Phi) is 5.51.